The Labute approximate surface area is 136 Å². The Balaban J connectivity index is 2.01. The van der Waals surface area contributed by atoms with Crippen LogP contribution in [0.1, 0.15) is 30.5 Å². The molecule has 0 aliphatic carbocycles. The summed E-state index contributed by atoms with van der Waals surface area (Å²) in [5, 5.41) is 5.38. The van der Waals surface area contributed by atoms with Crippen molar-refractivity contribution in [1.29, 1.82) is 0 Å². The average molecular weight is 339 g/mol. The Kier molecular flexibility index (Phi) is 3.98. The van der Waals surface area contributed by atoms with Gasteiger partial charge in [0.15, 0.2) is 0 Å². The summed E-state index contributed by atoms with van der Waals surface area (Å²) < 4.78 is 45.5. The summed E-state index contributed by atoms with van der Waals surface area (Å²) in [6.45, 7) is 4.26. The van der Waals surface area contributed by atoms with E-state index in [-0.39, 0.29) is 24.9 Å². The Hall–Kier alpha value is -2.51. The minimum atomic E-state index is -4.75. The van der Waals surface area contributed by atoms with Crippen LogP contribution in [0.2, 0.25) is 0 Å². The number of benzene rings is 1. The number of aromatic nitrogens is 2. The summed E-state index contributed by atoms with van der Waals surface area (Å²) in [5.74, 6) is 0.649. The molecule has 0 fully saturated rings. The maximum Gasteiger partial charge on any atom is 0.423 e. The maximum absolute atomic E-state index is 13.2. The molecule has 5 nitrogen and oxygen atoms in total. The van der Waals surface area contributed by atoms with E-state index in [0.29, 0.717) is 5.75 Å². The molecule has 1 aromatic heterocycles. The fourth-order valence-electron chi connectivity index (χ4n) is 2.83. The van der Waals surface area contributed by atoms with Crippen molar-refractivity contribution in [3.63, 3.8) is 0 Å². The van der Waals surface area contributed by atoms with Crippen molar-refractivity contribution < 1.29 is 17.9 Å². The molecule has 3 rings (SSSR count). The number of aromatic amines is 1. The minimum Gasteiger partial charge on any atom is -0.491 e. The first-order valence-electron chi connectivity index (χ1n) is 7.44. The van der Waals surface area contributed by atoms with E-state index in [4.69, 9.17) is 4.74 Å². The second kappa shape index (κ2) is 5.85. The molecule has 0 radical (unpaired) electrons. The van der Waals surface area contributed by atoms with Crippen molar-refractivity contribution in [1.82, 2.24) is 10.2 Å². The van der Waals surface area contributed by atoms with Crippen molar-refractivity contribution in [3.05, 3.63) is 51.4 Å². The molecule has 0 unspecified atom stereocenters. The number of halogens is 3. The summed E-state index contributed by atoms with van der Waals surface area (Å²) in [7, 11) is 0. The summed E-state index contributed by atoms with van der Waals surface area (Å²) >= 11 is 0. The van der Waals surface area contributed by atoms with Crippen LogP contribution in [0.15, 0.2) is 29.2 Å². The van der Waals surface area contributed by atoms with E-state index in [2.05, 4.69) is 5.10 Å². The Morgan fingerprint density at radius 1 is 1.29 bits per heavy atom. The lowest BCUT2D eigenvalue weighted by Crippen LogP contribution is -2.28. The van der Waals surface area contributed by atoms with Gasteiger partial charge in [-0.25, -0.2) is 5.10 Å². The first-order chi connectivity index (χ1) is 11.3. The zero-order valence-electron chi connectivity index (χ0n) is 13.1. The molecule has 0 bridgehead atoms. The van der Waals surface area contributed by atoms with E-state index in [0.717, 1.165) is 17.3 Å². The molecule has 1 aliphatic rings. The predicted octanol–water partition coefficient (Wildman–Crippen LogP) is 3.10. The third-order valence-corrected chi connectivity index (χ3v) is 3.76. The van der Waals surface area contributed by atoms with Gasteiger partial charge in [0.2, 0.25) is 0 Å². The smallest absolute Gasteiger partial charge is 0.423 e. The lowest BCUT2D eigenvalue weighted by molar-refractivity contribution is -0.138. The molecule has 0 spiro atoms. The predicted molar refractivity (Wildman–Crippen MR) is 82.0 cm³/mol. The maximum atomic E-state index is 13.2. The number of rotatable bonds is 3. The Morgan fingerprint density at radius 2 is 2.04 bits per heavy atom. The van der Waals surface area contributed by atoms with Crippen LogP contribution in [-0.4, -0.2) is 16.3 Å². The van der Waals surface area contributed by atoms with E-state index in [1.54, 1.807) is 12.1 Å². The van der Waals surface area contributed by atoms with Gasteiger partial charge in [-0.05, 0) is 25.5 Å². The summed E-state index contributed by atoms with van der Waals surface area (Å²) in [5.41, 5.74) is -0.981. The first-order valence-corrected chi connectivity index (χ1v) is 7.44. The van der Waals surface area contributed by atoms with Crippen LogP contribution in [0.4, 0.5) is 18.9 Å². The highest BCUT2D eigenvalue weighted by Crippen LogP contribution is 2.39. The molecule has 8 heteroatoms. The zero-order chi connectivity index (χ0) is 17.5. The van der Waals surface area contributed by atoms with Gasteiger partial charge in [0, 0.05) is 18.7 Å². The topological polar surface area (TPSA) is 58.2 Å². The van der Waals surface area contributed by atoms with Gasteiger partial charge >= 0.3 is 6.18 Å². The number of nitrogens with one attached hydrogen (secondary N) is 1. The zero-order valence-corrected chi connectivity index (χ0v) is 13.1. The fourth-order valence-corrected chi connectivity index (χ4v) is 2.83. The van der Waals surface area contributed by atoms with Crippen LogP contribution in [0.25, 0.3) is 0 Å². The van der Waals surface area contributed by atoms with Gasteiger partial charge in [0.25, 0.3) is 5.56 Å². The molecule has 0 atom stereocenters. The molecule has 1 N–H and O–H groups in total. The number of fused-ring (bicyclic) bond motifs is 1. The summed E-state index contributed by atoms with van der Waals surface area (Å²) in [6.07, 6.45) is -3.76. The molecule has 2 aromatic rings. The second-order valence-corrected chi connectivity index (χ2v) is 5.87. The van der Waals surface area contributed by atoms with Gasteiger partial charge in [-0.1, -0.05) is 12.1 Å². The molecule has 0 amide bonds. The Bertz CT molecular complexity index is 815. The lowest BCUT2D eigenvalue weighted by atomic mass is 10.1. The molecule has 128 valence electrons. The molecule has 2 heterocycles. The minimum absolute atomic E-state index is 0.0440. The summed E-state index contributed by atoms with van der Waals surface area (Å²) in [4.78, 5) is 13.1. The third kappa shape index (κ3) is 2.95. The molecular weight excluding hydrogens is 323 g/mol. The Morgan fingerprint density at radius 3 is 2.71 bits per heavy atom. The van der Waals surface area contributed by atoms with Crippen LogP contribution in [0, 0.1) is 0 Å². The van der Waals surface area contributed by atoms with Gasteiger partial charge in [-0.2, -0.15) is 18.3 Å². The van der Waals surface area contributed by atoms with Crippen LogP contribution in [0.3, 0.4) is 0 Å². The van der Waals surface area contributed by atoms with E-state index < -0.39 is 17.3 Å². The summed E-state index contributed by atoms with van der Waals surface area (Å²) in [6, 6.07) is 5.44. The van der Waals surface area contributed by atoms with Crippen molar-refractivity contribution in [3.8, 4) is 5.75 Å². The van der Waals surface area contributed by atoms with Crippen molar-refractivity contribution in [2.75, 3.05) is 4.90 Å². The largest absolute Gasteiger partial charge is 0.491 e. The highest BCUT2D eigenvalue weighted by molar-refractivity contribution is 5.58. The van der Waals surface area contributed by atoms with Crippen molar-refractivity contribution in [2.45, 2.75) is 39.2 Å². The molecule has 1 aliphatic heterocycles. The average Bonchev–Trinajstić information content (AvgIpc) is 2.90. The van der Waals surface area contributed by atoms with Crippen molar-refractivity contribution >= 4 is 5.69 Å². The molecule has 0 saturated carbocycles. The number of H-pyrrole nitrogens is 1. The van der Waals surface area contributed by atoms with Crippen LogP contribution in [-0.2, 0) is 19.3 Å². The first kappa shape index (κ1) is 16.4. The molecular formula is C16H16F3N3O2. The molecule has 24 heavy (non-hydrogen) atoms. The second-order valence-electron chi connectivity index (χ2n) is 5.87. The van der Waals surface area contributed by atoms with E-state index in [1.165, 1.54) is 4.90 Å². The van der Waals surface area contributed by atoms with E-state index in [1.807, 2.05) is 25.0 Å². The number of alkyl halides is 3. The van der Waals surface area contributed by atoms with Gasteiger partial charge in [-0.15, -0.1) is 0 Å². The highest BCUT2D eigenvalue weighted by Gasteiger charge is 2.39. The standard InChI is InChI=1S/C16H16F3N3O2/c1-9(2)24-13-5-3-4-10-7-22(8-11(10)13)12-6-20-21-15(23)14(12)16(17,18)19/h3-6,9H,7-8H2,1-2H3,(H,21,23). The van der Waals surface area contributed by atoms with Crippen LogP contribution >= 0.6 is 0 Å². The van der Waals surface area contributed by atoms with Gasteiger partial charge in [0.1, 0.15) is 11.3 Å². The van der Waals surface area contributed by atoms with Crippen LogP contribution < -0.4 is 15.2 Å². The van der Waals surface area contributed by atoms with Gasteiger partial charge in [-0.3, -0.25) is 4.79 Å². The molecule has 1 aromatic carbocycles. The van der Waals surface area contributed by atoms with Crippen molar-refractivity contribution in [2.24, 2.45) is 0 Å². The number of nitrogens with zero attached hydrogens (tertiary/aromatic N) is 2. The monoisotopic (exact) mass is 339 g/mol. The SMILES string of the molecule is CC(C)Oc1cccc2c1CN(c1cn[nH]c(=O)c1C(F)(F)F)C2. The number of hydrogen-bond donors (Lipinski definition) is 1. The van der Waals surface area contributed by atoms with Gasteiger partial charge in [0.05, 0.1) is 18.0 Å². The van der Waals surface area contributed by atoms with E-state index >= 15 is 0 Å². The van der Waals surface area contributed by atoms with E-state index in [9.17, 15) is 18.0 Å². The third-order valence-electron chi connectivity index (χ3n) is 3.76. The quantitative estimate of drug-likeness (QED) is 0.934. The highest BCUT2D eigenvalue weighted by atomic mass is 19.4. The number of hydrogen-bond acceptors (Lipinski definition) is 4. The number of anilines is 1. The van der Waals surface area contributed by atoms with Gasteiger partial charge < -0.3 is 9.64 Å². The molecule has 0 saturated heterocycles. The fraction of sp³-hybridized carbons (Fsp3) is 0.375. The van der Waals surface area contributed by atoms with Crippen LogP contribution in [0.5, 0.6) is 5.75 Å². The number of ether oxygens (including phenoxy) is 1. The normalized spacial score (nSPS) is 14.2. The lowest BCUT2D eigenvalue weighted by Gasteiger charge is -2.21.